The molecule has 5 N–H and O–H groups in total. The second-order valence-corrected chi connectivity index (χ2v) is 11.8. The number of aliphatic hydroxyl groups is 1. The number of benzene rings is 2. The smallest absolute Gasteiger partial charge is 0.221 e. The van der Waals surface area contributed by atoms with Crippen molar-refractivity contribution in [2.75, 3.05) is 32.0 Å². The van der Waals surface area contributed by atoms with Crippen LogP contribution < -0.4 is 11.1 Å². The number of amides is 1. The Morgan fingerprint density at radius 2 is 1.92 bits per heavy atom. The third-order valence-electron chi connectivity index (χ3n) is 7.01. The average Bonchev–Trinajstić information content (AvgIpc) is 3.31. The Labute approximate surface area is 212 Å². The van der Waals surface area contributed by atoms with E-state index in [0.717, 1.165) is 46.0 Å². The molecule has 4 rings (SSSR count). The number of nitrogens with one attached hydrogen (secondary N) is 2. The van der Waals surface area contributed by atoms with E-state index in [1.807, 2.05) is 49.5 Å². The monoisotopic (exact) mass is 512 g/mol. The number of aliphatic hydroxyl groups excluding tert-OH is 1. The standard InChI is InChI=1S/C27H36N4O4S/c1-19(18-32)29-10-5-13-36(34,35)31-11-8-21(9-12-31)25-17-30-27-23(16-26(28)33)14-22(15-24(25)27)20-6-3-2-4-7-20/h2-4,6-7,14-15,17,19,21,29-30,32H,5,8-13,16,18H2,1H3,(H2,28,33). The van der Waals surface area contributed by atoms with Crippen LogP contribution in [0, 0.1) is 0 Å². The Kier molecular flexibility index (Phi) is 8.46. The minimum Gasteiger partial charge on any atom is -0.395 e. The Balaban J connectivity index is 1.50. The third-order valence-corrected chi connectivity index (χ3v) is 8.96. The fourth-order valence-electron chi connectivity index (χ4n) is 5.03. The minimum atomic E-state index is -3.31. The second-order valence-electron chi connectivity index (χ2n) is 9.69. The van der Waals surface area contributed by atoms with Crippen LogP contribution in [0.2, 0.25) is 0 Å². The van der Waals surface area contributed by atoms with E-state index in [1.54, 1.807) is 4.31 Å². The van der Waals surface area contributed by atoms with E-state index in [-0.39, 0.29) is 36.6 Å². The van der Waals surface area contributed by atoms with Gasteiger partial charge in [0.2, 0.25) is 15.9 Å². The summed E-state index contributed by atoms with van der Waals surface area (Å²) in [6, 6.07) is 14.2. The van der Waals surface area contributed by atoms with Gasteiger partial charge in [-0.25, -0.2) is 12.7 Å². The van der Waals surface area contributed by atoms with Crippen molar-refractivity contribution < 1.29 is 18.3 Å². The first-order valence-corrected chi connectivity index (χ1v) is 14.2. The molecule has 3 aromatic rings. The highest BCUT2D eigenvalue weighted by molar-refractivity contribution is 7.89. The highest BCUT2D eigenvalue weighted by atomic mass is 32.2. The summed E-state index contributed by atoms with van der Waals surface area (Å²) >= 11 is 0. The maximum Gasteiger partial charge on any atom is 0.221 e. The van der Waals surface area contributed by atoms with Gasteiger partial charge in [0.25, 0.3) is 0 Å². The molecule has 1 unspecified atom stereocenters. The highest BCUT2D eigenvalue weighted by Crippen LogP contribution is 2.37. The molecule has 9 heteroatoms. The molecular formula is C27H36N4O4S. The predicted octanol–water partition coefficient (Wildman–Crippen LogP) is 2.73. The van der Waals surface area contributed by atoms with Crippen molar-refractivity contribution >= 4 is 26.8 Å². The molecule has 0 radical (unpaired) electrons. The number of primary amides is 1. The van der Waals surface area contributed by atoms with E-state index in [0.29, 0.717) is 26.1 Å². The molecule has 1 atom stereocenters. The number of rotatable bonds is 11. The first-order chi connectivity index (χ1) is 17.3. The molecule has 1 aliphatic rings. The van der Waals surface area contributed by atoms with Crippen LogP contribution in [-0.2, 0) is 21.2 Å². The summed E-state index contributed by atoms with van der Waals surface area (Å²) in [7, 11) is -3.31. The molecule has 2 aromatic carbocycles. The van der Waals surface area contributed by atoms with Crippen LogP contribution in [0.15, 0.2) is 48.7 Å². The number of carbonyl (C=O) groups excluding carboxylic acids is 1. The molecule has 1 amide bonds. The lowest BCUT2D eigenvalue weighted by Gasteiger charge is -2.31. The first kappa shape index (κ1) is 26.3. The van der Waals surface area contributed by atoms with Gasteiger partial charge in [0, 0.05) is 36.2 Å². The van der Waals surface area contributed by atoms with Gasteiger partial charge in [0.1, 0.15) is 0 Å². The number of nitrogens with zero attached hydrogens (tertiary/aromatic N) is 1. The summed E-state index contributed by atoms with van der Waals surface area (Å²) in [5.74, 6) is -0.0470. The van der Waals surface area contributed by atoms with E-state index >= 15 is 0 Å². The van der Waals surface area contributed by atoms with Gasteiger partial charge in [-0.2, -0.15) is 0 Å². The molecule has 0 saturated carbocycles. The van der Waals surface area contributed by atoms with Gasteiger partial charge < -0.3 is 21.1 Å². The van der Waals surface area contributed by atoms with E-state index in [4.69, 9.17) is 10.8 Å². The number of H-pyrrole nitrogens is 1. The van der Waals surface area contributed by atoms with E-state index in [2.05, 4.69) is 16.4 Å². The summed E-state index contributed by atoms with van der Waals surface area (Å²) in [4.78, 5) is 15.1. The van der Waals surface area contributed by atoms with Crippen LogP contribution in [0.1, 0.15) is 43.2 Å². The van der Waals surface area contributed by atoms with Crippen molar-refractivity contribution in [1.29, 1.82) is 0 Å². The van der Waals surface area contributed by atoms with E-state index in [1.165, 1.54) is 0 Å². The fraction of sp³-hybridized carbons (Fsp3) is 0.444. The van der Waals surface area contributed by atoms with Crippen LogP contribution in [0.4, 0.5) is 0 Å². The topological polar surface area (TPSA) is 129 Å². The number of nitrogens with two attached hydrogens (primary N) is 1. The fourth-order valence-corrected chi connectivity index (χ4v) is 6.57. The molecule has 1 fully saturated rings. The molecule has 36 heavy (non-hydrogen) atoms. The predicted molar refractivity (Wildman–Crippen MR) is 143 cm³/mol. The summed E-state index contributed by atoms with van der Waals surface area (Å²) < 4.78 is 27.3. The summed E-state index contributed by atoms with van der Waals surface area (Å²) in [5, 5.41) is 13.3. The second kappa shape index (κ2) is 11.6. The first-order valence-electron chi connectivity index (χ1n) is 12.6. The number of fused-ring (bicyclic) bond motifs is 1. The molecular weight excluding hydrogens is 476 g/mol. The van der Waals surface area contributed by atoms with Crippen LogP contribution in [0.3, 0.4) is 0 Å². The number of hydrogen-bond acceptors (Lipinski definition) is 5. The third kappa shape index (κ3) is 6.15. The van der Waals surface area contributed by atoms with Gasteiger partial charge >= 0.3 is 0 Å². The van der Waals surface area contributed by atoms with E-state index in [9.17, 15) is 13.2 Å². The zero-order valence-corrected chi connectivity index (χ0v) is 21.6. The number of carbonyl (C=O) groups is 1. The maximum absolute atomic E-state index is 12.9. The van der Waals surface area contributed by atoms with Gasteiger partial charge in [0.05, 0.1) is 18.8 Å². The van der Waals surface area contributed by atoms with Gasteiger partial charge in [-0.1, -0.05) is 30.3 Å². The summed E-state index contributed by atoms with van der Waals surface area (Å²) in [6.07, 6.45) is 4.16. The van der Waals surface area contributed by atoms with Crippen molar-refractivity contribution in [2.24, 2.45) is 5.73 Å². The number of hydrogen-bond donors (Lipinski definition) is 4. The van der Waals surface area contributed by atoms with Crippen molar-refractivity contribution in [3.63, 3.8) is 0 Å². The van der Waals surface area contributed by atoms with Crippen molar-refractivity contribution in [3.8, 4) is 11.1 Å². The van der Waals surface area contributed by atoms with Crippen molar-refractivity contribution in [1.82, 2.24) is 14.6 Å². The maximum atomic E-state index is 12.9. The lowest BCUT2D eigenvalue weighted by molar-refractivity contribution is -0.117. The Morgan fingerprint density at radius 1 is 1.19 bits per heavy atom. The van der Waals surface area contributed by atoms with Gasteiger partial charge in [-0.15, -0.1) is 0 Å². The molecule has 194 valence electrons. The zero-order valence-electron chi connectivity index (χ0n) is 20.7. The van der Waals surface area contributed by atoms with Gasteiger partial charge in [-0.05, 0) is 73.0 Å². The number of piperidine rings is 1. The van der Waals surface area contributed by atoms with E-state index < -0.39 is 10.0 Å². The van der Waals surface area contributed by atoms with Crippen molar-refractivity contribution in [2.45, 2.75) is 44.6 Å². The molecule has 0 bridgehead atoms. The zero-order chi connectivity index (χ0) is 25.7. The Bertz CT molecular complexity index is 1280. The largest absolute Gasteiger partial charge is 0.395 e. The van der Waals surface area contributed by atoms with Crippen LogP contribution in [0.25, 0.3) is 22.0 Å². The van der Waals surface area contributed by atoms with Gasteiger partial charge in [0.15, 0.2) is 0 Å². The quantitative estimate of drug-likeness (QED) is 0.294. The van der Waals surface area contributed by atoms with Crippen LogP contribution >= 0.6 is 0 Å². The lowest BCUT2D eigenvalue weighted by Crippen LogP contribution is -2.40. The lowest BCUT2D eigenvalue weighted by atomic mass is 9.88. The highest BCUT2D eigenvalue weighted by Gasteiger charge is 2.29. The van der Waals surface area contributed by atoms with Crippen LogP contribution in [0.5, 0.6) is 0 Å². The summed E-state index contributed by atoms with van der Waals surface area (Å²) in [6.45, 7) is 3.44. The molecule has 0 aliphatic carbocycles. The normalized spacial score (nSPS) is 16.4. The Morgan fingerprint density at radius 3 is 2.58 bits per heavy atom. The number of aromatic nitrogens is 1. The number of aromatic amines is 1. The number of sulfonamides is 1. The van der Waals surface area contributed by atoms with Crippen molar-refractivity contribution in [3.05, 3.63) is 59.8 Å². The molecule has 0 spiro atoms. The molecule has 1 aromatic heterocycles. The molecule has 2 heterocycles. The van der Waals surface area contributed by atoms with Gasteiger partial charge in [-0.3, -0.25) is 4.79 Å². The SMILES string of the molecule is CC(CO)NCCCS(=O)(=O)N1CCC(c2c[nH]c3c(CC(N)=O)cc(-c4ccccc4)cc23)CC1. The van der Waals surface area contributed by atoms with Crippen LogP contribution in [-0.4, -0.2) is 66.8 Å². The summed E-state index contributed by atoms with van der Waals surface area (Å²) in [5.41, 5.74) is 10.6. The average molecular weight is 513 g/mol. The Hall–Kier alpha value is -2.72. The molecule has 8 nitrogen and oxygen atoms in total. The minimum absolute atomic E-state index is 0.0327. The molecule has 1 saturated heterocycles. The molecule has 1 aliphatic heterocycles.